The molecule has 0 saturated carbocycles. The molecule has 2 heterocycles. The highest BCUT2D eigenvalue weighted by atomic mass is 32.3. The summed E-state index contributed by atoms with van der Waals surface area (Å²) in [7, 11) is -7.73. The first-order chi connectivity index (χ1) is 15.0. The van der Waals surface area contributed by atoms with E-state index in [1.165, 1.54) is 12.1 Å². The lowest BCUT2D eigenvalue weighted by Gasteiger charge is -2.08. The smallest absolute Gasteiger partial charge is 0.328 e. The Morgan fingerprint density at radius 1 is 0.688 bits per heavy atom. The Balaban J connectivity index is 1.55. The van der Waals surface area contributed by atoms with Crippen molar-refractivity contribution < 1.29 is 26.4 Å². The summed E-state index contributed by atoms with van der Waals surface area (Å²) in [4.78, 5) is 25.2. The fraction of sp³-hybridized carbons (Fsp3) is 0.444. The summed E-state index contributed by atoms with van der Waals surface area (Å²) in [6.45, 7) is 4.16. The van der Waals surface area contributed by atoms with Gasteiger partial charge in [-0.05, 0) is 51.0 Å². The van der Waals surface area contributed by atoms with Gasteiger partial charge in [-0.3, -0.25) is 0 Å². The average Bonchev–Trinajstić information content (AvgIpc) is 3.32. The minimum atomic E-state index is -3.86. The molecule has 2 aromatic heterocycles. The maximum absolute atomic E-state index is 12.0. The van der Waals surface area contributed by atoms with E-state index in [0.717, 1.165) is 45.3 Å². The molecule has 0 atom stereocenters. The van der Waals surface area contributed by atoms with Crippen LogP contribution in [0.25, 0.3) is 0 Å². The summed E-state index contributed by atoms with van der Waals surface area (Å²) < 4.78 is 52.3. The molecular formula is C18H26N4O6S4. The van der Waals surface area contributed by atoms with Gasteiger partial charge in [0.25, 0.3) is 20.0 Å². The van der Waals surface area contributed by atoms with Crippen molar-refractivity contribution in [3.63, 3.8) is 0 Å². The van der Waals surface area contributed by atoms with Crippen molar-refractivity contribution in [1.29, 1.82) is 0 Å². The number of aryl methyl sites for hydroxylation is 2. The molecule has 0 saturated heterocycles. The van der Waals surface area contributed by atoms with E-state index in [1.807, 2.05) is 9.44 Å². The van der Waals surface area contributed by atoms with Crippen LogP contribution < -0.4 is 20.1 Å². The minimum Gasteiger partial charge on any atom is -0.337 e. The maximum atomic E-state index is 12.0. The summed E-state index contributed by atoms with van der Waals surface area (Å²) in [5.41, 5.74) is 0. The molecule has 2 rings (SSSR count). The van der Waals surface area contributed by atoms with Gasteiger partial charge in [-0.15, -0.1) is 22.7 Å². The van der Waals surface area contributed by atoms with Crippen LogP contribution in [0.2, 0.25) is 0 Å². The van der Waals surface area contributed by atoms with Gasteiger partial charge in [-0.1, -0.05) is 12.8 Å². The molecule has 0 aromatic carbocycles. The van der Waals surface area contributed by atoms with Gasteiger partial charge >= 0.3 is 12.1 Å². The van der Waals surface area contributed by atoms with Crippen LogP contribution in [0.1, 0.15) is 35.4 Å². The number of hydrogen-bond acceptors (Lipinski definition) is 8. The Labute approximate surface area is 195 Å². The average molecular weight is 523 g/mol. The van der Waals surface area contributed by atoms with Crippen LogP contribution in [0, 0.1) is 13.8 Å². The molecule has 0 aliphatic carbocycles. The summed E-state index contributed by atoms with van der Waals surface area (Å²) in [5, 5.41) is 4.99. The van der Waals surface area contributed by atoms with Crippen molar-refractivity contribution in [1.82, 2.24) is 20.1 Å². The number of amides is 4. The van der Waals surface area contributed by atoms with Crippen LogP contribution in [0.4, 0.5) is 9.59 Å². The van der Waals surface area contributed by atoms with Crippen LogP contribution in [-0.4, -0.2) is 42.0 Å². The van der Waals surface area contributed by atoms with Crippen molar-refractivity contribution in [3.8, 4) is 0 Å². The number of unbranched alkanes of at least 4 members (excludes halogenated alkanes) is 3. The summed E-state index contributed by atoms with van der Waals surface area (Å²) in [6, 6.07) is 4.66. The molecule has 14 heteroatoms. The third-order valence-electron chi connectivity index (χ3n) is 4.09. The molecule has 4 N–H and O–H groups in total. The first kappa shape index (κ1) is 26.1. The lowest BCUT2D eigenvalue weighted by molar-refractivity contribution is 0.244. The van der Waals surface area contributed by atoms with Crippen LogP contribution in [-0.2, 0) is 20.0 Å². The minimum absolute atomic E-state index is 0.0833. The molecule has 0 spiro atoms. The lowest BCUT2D eigenvalue weighted by Crippen LogP contribution is -2.39. The number of hydrogen-bond donors (Lipinski definition) is 4. The topological polar surface area (TPSA) is 151 Å². The molecule has 0 radical (unpaired) electrons. The Hall–Kier alpha value is -2.16. The molecule has 178 valence electrons. The molecule has 0 unspecified atom stereocenters. The van der Waals surface area contributed by atoms with Crippen molar-refractivity contribution in [2.75, 3.05) is 13.1 Å². The molecule has 32 heavy (non-hydrogen) atoms. The molecule has 4 amide bonds. The van der Waals surface area contributed by atoms with Gasteiger partial charge in [0.15, 0.2) is 0 Å². The van der Waals surface area contributed by atoms with Crippen molar-refractivity contribution in [2.24, 2.45) is 0 Å². The fourth-order valence-corrected chi connectivity index (χ4v) is 6.96. The third-order valence-corrected chi connectivity index (χ3v) is 9.74. The quantitative estimate of drug-likeness (QED) is 0.333. The molecular weight excluding hydrogens is 496 g/mol. The predicted molar refractivity (Wildman–Crippen MR) is 124 cm³/mol. The number of sulfonamides is 2. The van der Waals surface area contributed by atoms with Crippen molar-refractivity contribution in [2.45, 2.75) is 47.9 Å². The first-order valence-electron chi connectivity index (χ1n) is 9.74. The molecule has 10 nitrogen and oxygen atoms in total. The number of rotatable bonds is 11. The monoisotopic (exact) mass is 522 g/mol. The van der Waals surface area contributed by atoms with Crippen LogP contribution >= 0.6 is 22.7 Å². The van der Waals surface area contributed by atoms with Crippen LogP contribution in [0.5, 0.6) is 0 Å². The van der Waals surface area contributed by atoms with E-state index >= 15 is 0 Å². The Morgan fingerprint density at radius 3 is 1.38 bits per heavy atom. The maximum Gasteiger partial charge on any atom is 0.328 e. The van der Waals surface area contributed by atoms with E-state index < -0.39 is 32.1 Å². The van der Waals surface area contributed by atoms with E-state index in [4.69, 9.17) is 0 Å². The highest BCUT2D eigenvalue weighted by molar-refractivity contribution is 7.92. The Bertz CT molecular complexity index is 1050. The molecule has 0 bridgehead atoms. The molecule has 0 aliphatic heterocycles. The highest BCUT2D eigenvalue weighted by Gasteiger charge is 2.20. The van der Waals surface area contributed by atoms with E-state index in [0.29, 0.717) is 25.9 Å². The summed E-state index contributed by atoms with van der Waals surface area (Å²) in [5.74, 6) is 0. The van der Waals surface area contributed by atoms with E-state index in [1.54, 1.807) is 26.0 Å². The summed E-state index contributed by atoms with van der Waals surface area (Å²) in [6.07, 6.45) is 2.74. The zero-order chi connectivity index (χ0) is 23.8. The third kappa shape index (κ3) is 8.41. The van der Waals surface area contributed by atoms with E-state index in [-0.39, 0.29) is 8.42 Å². The number of carbonyl (C=O) groups excluding carboxylic acids is 2. The lowest BCUT2D eigenvalue weighted by atomic mass is 10.2. The SMILES string of the molecule is Cc1ccc(S(=O)(=O)NC(=O)NCCCCCCNC(=O)NS(=O)(=O)c2ccc(C)s2)s1. The second kappa shape index (κ2) is 11.6. The largest absolute Gasteiger partial charge is 0.337 e. The highest BCUT2D eigenvalue weighted by Crippen LogP contribution is 2.20. The van der Waals surface area contributed by atoms with Gasteiger partial charge in [0.05, 0.1) is 0 Å². The molecule has 0 aliphatic rings. The normalized spacial score (nSPS) is 11.7. The van der Waals surface area contributed by atoms with Gasteiger partial charge in [-0.25, -0.2) is 35.9 Å². The van der Waals surface area contributed by atoms with Crippen LogP contribution in [0.3, 0.4) is 0 Å². The zero-order valence-corrected chi connectivity index (χ0v) is 20.9. The molecule has 0 fully saturated rings. The van der Waals surface area contributed by atoms with Crippen LogP contribution in [0.15, 0.2) is 32.7 Å². The standard InChI is InChI=1S/C18H26N4O6S4/c1-13-7-9-15(29-13)31(25,26)21-17(23)19-11-5-3-4-6-12-20-18(24)22-32(27,28)16-10-8-14(2)30-16/h7-10H,3-6,11-12H2,1-2H3,(H2,19,21,23)(H2,20,22,24). The van der Waals surface area contributed by atoms with Gasteiger partial charge in [0.2, 0.25) is 0 Å². The summed E-state index contributed by atoms with van der Waals surface area (Å²) >= 11 is 2.17. The zero-order valence-electron chi connectivity index (χ0n) is 17.6. The van der Waals surface area contributed by atoms with Gasteiger partial charge in [-0.2, -0.15) is 0 Å². The van der Waals surface area contributed by atoms with Crippen molar-refractivity contribution in [3.05, 3.63) is 34.0 Å². The van der Waals surface area contributed by atoms with Gasteiger partial charge in [0.1, 0.15) is 8.42 Å². The van der Waals surface area contributed by atoms with Gasteiger partial charge < -0.3 is 10.6 Å². The van der Waals surface area contributed by atoms with Gasteiger partial charge in [0, 0.05) is 22.8 Å². The number of urea groups is 2. The number of carbonyl (C=O) groups is 2. The fourth-order valence-electron chi connectivity index (χ4n) is 2.54. The second-order valence-electron chi connectivity index (χ2n) is 6.87. The first-order valence-corrected chi connectivity index (χ1v) is 14.3. The Morgan fingerprint density at radius 2 is 1.06 bits per heavy atom. The molecule has 2 aromatic rings. The number of thiophene rings is 2. The Kier molecular flexibility index (Phi) is 9.48. The van der Waals surface area contributed by atoms with E-state index in [9.17, 15) is 26.4 Å². The van der Waals surface area contributed by atoms with E-state index in [2.05, 4.69) is 10.6 Å². The second-order valence-corrected chi connectivity index (χ2v) is 13.3. The van der Waals surface area contributed by atoms with Crippen molar-refractivity contribution >= 4 is 54.8 Å². The predicted octanol–water partition coefficient (Wildman–Crippen LogP) is 2.66. The number of nitrogens with one attached hydrogen (secondary N) is 4.